The molecule has 0 bridgehead atoms. The predicted octanol–water partition coefficient (Wildman–Crippen LogP) is 0.307. The Balaban J connectivity index is 2.19. The number of nitrogens with zero attached hydrogens (tertiary/aromatic N) is 1. The van der Waals surface area contributed by atoms with Crippen LogP contribution < -0.4 is 10.6 Å². The van der Waals surface area contributed by atoms with Crippen LogP contribution in [-0.4, -0.2) is 24.0 Å². The van der Waals surface area contributed by atoms with E-state index in [2.05, 4.69) is 15.6 Å². The van der Waals surface area contributed by atoms with Crippen molar-refractivity contribution < 1.29 is 4.79 Å². The molecule has 14 heavy (non-hydrogen) atoms. The number of amides is 1. The first-order valence-electron chi connectivity index (χ1n) is 4.69. The van der Waals surface area contributed by atoms with Crippen LogP contribution in [0.15, 0.2) is 24.5 Å². The van der Waals surface area contributed by atoms with Gasteiger partial charge in [-0.3, -0.25) is 9.78 Å². The lowest BCUT2D eigenvalue weighted by Gasteiger charge is -2.04. The second-order valence-corrected chi connectivity index (χ2v) is 2.92. The van der Waals surface area contributed by atoms with Gasteiger partial charge in [-0.15, -0.1) is 0 Å². The van der Waals surface area contributed by atoms with Crippen molar-refractivity contribution in [1.82, 2.24) is 15.6 Å². The molecule has 0 fully saturated rings. The maximum absolute atomic E-state index is 11.0. The number of carbonyl (C=O) groups excluding carboxylic acids is 1. The van der Waals surface area contributed by atoms with Gasteiger partial charge in [-0.05, 0) is 18.6 Å². The fraction of sp³-hybridized carbons (Fsp3) is 0.400. The second kappa shape index (κ2) is 6.10. The van der Waals surface area contributed by atoms with E-state index in [0.717, 1.165) is 5.56 Å². The molecular weight excluding hydrogens is 178 g/mol. The highest BCUT2D eigenvalue weighted by Gasteiger charge is 1.97. The van der Waals surface area contributed by atoms with Gasteiger partial charge in [0.2, 0.25) is 5.91 Å². The molecule has 4 nitrogen and oxygen atoms in total. The molecule has 4 heteroatoms. The molecule has 0 aliphatic rings. The van der Waals surface area contributed by atoms with Crippen LogP contribution in [0.3, 0.4) is 0 Å². The van der Waals surface area contributed by atoms with Crippen molar-refractivity contribution >= 4 is 5.91 Å². The number of pyridine rings is 1. The van der Waals surface area contributed by atoms with E-state index in [9.17, 15) is 4.79 Å². The van der Waals surface area contributed by atoms with Crippen LogP contribution in [0.2, 0.25) is 0 Å². The van der Waals surface area contributed by atoms with Gasteiger partial charge in [0.1, 0.15) is 0 Å². The Morgan fingerprint density at radius 1 is 1.57 bits per heavy atom. The minimum Gasteiger partial charge on any atom is -0.355 e. The summed E-state index contributed by atoms with van der Waals surface area (Å²) in [6.07, 6.45) is 3.51. The van der Waals surface area contributed by atoms with Gasteiger partial charge < -0.3 is 10.6 Å². The van der Waals surface area contributed by atoms with E-state index < -0.39 is 0 Å². The van der Waals surface area contributed by atoms with Gasteiger partial charge in [0, 0.05) is 25.5 Å². The lowest BCUT2D eigenvalue weighted by atomic mass is 10.3. The molecule has 1 aromatic rings. The number of aromatic nitrogens is 1. The normalized spacial score (nSPS) is 9.79. The Morgan fingerprint density at radius 3 is 3.07 bits per heavy atom. The quantitative estimate of drug-likeness (QED) is 0.707. The number of hydrogen-bond acceptors (Lipinski definition) is 3. The van der Waals surface area contributed by atoms with Gasteiger partial charge >= 0.3 is 0 Å². The summed E-state index contributed by atoms with van der Waals surface area (Å²) in [6, 6.07) is 3.85. The zero-order chi connectivity index (χ0) is 10.2. The molecule has 1 heterocycles. The van der Waals surface area contributed by atoms with Crippen molar-refractivity contribution in [3.8, 4) is 0 Å². The number of nitrogens with one attached hydrogen (secondary N) is 2. The lowest BCUT2D eigenvalue weighted by Crippen LogP contribution is -2.33. The third-order valence-electron chi connectivity index (χ3n) is 1.71. The third kappa shape index (κ3) is 4.00. The Labute approximate surface area is 83.7 Å². The molecule has 0 radical (unpaired) electrons. The largest absolute Gasteiger partial charge is 0.355 e. The van der Waals surface area contributed by atoms with E-state index in [1.807, 2.05) is 19.1 Å². The molecule has 0 unspecified atom stereocenters. The standard InChI is InChI=1S/C10H15N3O/c1-2-13-10(14)8-12-7-9-4-3-5-11-6-9/h3-6,12H,2,7-8H2,1H3,(H,13,14). The van der Waals surface area contributed by atoms with Gasteiger partial charge in [0.05, 0.1) is 6.54 Å². The van der Waals surface area contributed by atoms with Gasteiger partial charge in [0.15, 0.2) is 0 Å². The zero-order valence-electron chi connectivity index (χ0n) is 8.29. The molecule has 1 amide bonds. The minimum atomic E-state index is 0.0244. The third-order valence-corrected chi connectivity index (χ3v) is 1.71. The first kappa shape index (κ1) is 10.7. The summed E-state index contributed by atoms with van der Waals surface area (Å²) in [5.41, 5.74) is 1.08. The summed E-state index contributed by atoms with van der Waals surface area (Å²) in [5, 5.41) is 5.75. The summed E-state index contributed by atoms with van der Waals surface area (Å²) < 4.78 is 0. The van der Waals surface area contributed by atoms with Crippen LogP contribution in [0.5, 0.6) is 0 Å². The Morgan fingerprint density at radius 2 is 2.43 bits per heavy atom. The summed E-state index contributed by atoms with van der Waals surface area (Å²) in [6.45, 7) is 3.60. The van der Waals surface area contributed by atoms with Crippen LogP contribution in [0.25, 0.3) is 0 Å². The number of rotatable bonds is 5. The fourth-order valence-corrected chi connectivity index (χ4v) is 1.08. The van der Waals surface area contributed by atoms with Crippen molar-refractivity contribution in [1.29, 1.82) is 0 Å². The van der Waals surface area contributed by atoms with Gasteiger partial charge in [-0.2, -0.15) is 0 Å². The van der Waals surface area contributed by atoms with Crippen LogP contribution in [0.1, 0.15) is 12.5 Å². The fourth-order valence-electron chi connectivity index (χ4n) is 1.08. The van der Waals surface area contributed by atoms with E-state index in [-0.39, 0.29) is 5.91 Å². The molecule has 0 saturated heterocycles. The zero-order valence-corrected chi connectivity index (χ0v) is 8.29. The number of carbonyl (C=O) groups is 1. The van der Waals surface area contributed by atoms with Crippen molar-refractivity contribution in [2.45, 2.75) is 13.5 Å². The molecule has 1 rings (SSSR count). The SMILES string of the molecule is CCNC(=O)CNCc1cccnc1. The van der Waals surface area contributed by atoms with E-state index in [1.165, 1.54) is 0 Å². The summed E-state index contributed by atoms with van der Waals surface area (Å²) >= 11 is 0. The Bertz CT molecular complexity index is 274. The first-order chi connectivity index (χ1) is 6.83. The van der Waals surface area contributed by atoms with Crippen LogP contribution in [0, 0.1) is 0 Å². The summed E-state index contributed by atoms with van der Waals surface area (Å²) in [5.74, 6) is 0.0244. The average molecular weight is 193 g/mol. The predicted molar refractivity (Wildman–Crippen MR) is 54.6 cm³/mol. The van der Waals surface area contributed by atoms with Gasteiger partial charge in [-0.1, -0.05) is 6.07 Å². The average Bonchev–Trinajstić information content (AvgIpc) is 2.20. The van der Waals surface area contributed by atoms with Crippen molar-refractivity contribution in [3.05, 3.63) is 30.1 Å². The highest BCUT2D eigenvalue weighted by molar-refractivity contribution is 5.77. The van der Waals surface area contributed by atoms with Crippen LogP contribution >= 0.6 is 0 Å². The maximum Gasteiger partial charge on any atom is 0.233 e. The molecule has 76 valence electrons. The van der Waals surface area contributed by atoms with E-state index in [1.54, 1.807) is 12.4 Å². The first-order valence-corrected chi connectivity index (χ1v) is 4.69. The van der Waals surface area contributed by atoms with E-state index in [4.69, 9.17) is 0 Å². The molecule has 0 aliphatic heterocycles. The van der Waals surface area contributed by atoms with Crippen LogP contribution in [0.4, 0.5) is 0 Å². The maximum atomic E-state index is 11.0. The highest BCUT2D eigenvalue weighted by Crippen LogP contribution is 1.93. The minimum absolute atomic E-state index is 0.0244. The Hall–Kier alpha value is -1.42. The summed E-state index contributed by atoms with van der Waals surface area (Å²) in [7, 11) is 0. The van der Waals surface area contributed by atoms with Crippen LogP contribution in [-0.2, 0) is 11.3 Å². The second-order valence-electron chi connectivity index (χ2n) is 2.92. The van der Waals surface area contributed by atoms with Gasteiger partial charge in [0.25, 0.3) is 0 Å². The summed E-state index contributed by atoms with van der Waals surface area (Å²) in [4.78, 5) is 15.0. The molecular formula is C10H15N3O. The molecule has 1 aromatic heterocycles. The smallest absolute Gasteiger partial charge is 0.233 e. The number of likely N-dealkylation sites (N-methyl/N-ethyl adjacent to an activating group) is 1. The van der Waals surface area contributed by atoms with Crippen molar-refractivity contribution in [2.75, 3.05) is 13.1 Å². The van der Waals surface area contributed by atoms with Gasteiger partial charge in [-0.25, -0.2) is 0 Å². The lowest BCUT2D eigenvalue weighted by molar-refractivity contribution is -0.120. The molecule has 0 aromatic carbocycles. The molecule has 0 atom stereocenters. The highest BCUT2D eigenvalue weighted by atomic mass is 16.1. The monoisotopic (exact) mass is 193 g/mol. The Kier molecular flexibility index (Phi) is 4.64. The van der Waals surface area contributed by atoms with Crippen molar-refractivity contribution in [2.24, 2.45) is 0 Å². The molecule has 0 spiro atoms. The van der Waals surface area contributed by atoms with Crippen molar-refractivity contribution in [3.63, 3.8) is 0 Å². The molecule has 0 aliphatic carbocycles. The van der Waals surface area contributed by atoms with E-state index >= 15 is 0 Å². The molecule has 2 N–H and O–H groups in total. The topological polar surface area (TPSA) is 54.0 Å². The van der Waals surface area contributed by atoms with E-state index in [0.29, 0.717) is 19.6 Å². The molecule has 0 saturated carbocycles. The number of hydrogen-bond donors (Lipinski definition) is 2.